The first kappa shape index (κ1) is 35.9. The van der Waals surface area contributed by atoms with Crippen molar-refractivity contribution in [1.29, 1.82) is 0 Å². The molecule has 3 aromatic rings. The summed E-state index contributed by atoms with van der Waals surface area (Å²) < 4.78 is 51.4. The van der Waals surface area contributed by atoms with E-state index in [1.165, 1.54) is 18.5 Å². The molecular weight excluding hydrogens is 589 g/mol. The van der Waals surface area contributed by atoms with E-state index >= 15 is 0 Å². The SMILES string of the molecule is CC.COc1cc2ncnc(Nc3ccc(F)c(Cl)c3)c2cc1OCCOCCOCCOCCOCCOCC(=O)O. The quantitative estimate of drug-likeness (QED) is 0.158. The predicted octanol–water partition coefficient (Wildman–Crippen LogP) is 4.75. The first-order valence-corrected chi connectivity index (χ1v) is 14.1. The molecule has 0 aliphatic heterocycles. The number of rotatable bonds is 21. The van der Waals surface area contributed by atoms with Gasteiger partial charge in [-0.2, -0.15) is 0 Å². The number of carbonyl (C=O) groups is 1. The Labute approximate surface area is 255 Å². The molecule has 14 heteroatoms. The molecule has 0 aliphatic carbocycles. The number of hydrogen-bond donors (Lipinski definition) is 2. The van der Waals surface area contributed by atoms with Crippen molar-refractivity contribution in [3.8, 4) is 11.5 Å². The van der Waals surface area contributed by atoms with Crippen LogP contribution in [0.2, 0.25) is 5.02 Å². The second kappa shape index (κ2) is 21.4. The summed E-state index contributed by atoms with van der Waals surface area (Å²) in [5, 5.41) is 12.3. The van der Waals surface area contributed by atoms with E-state index in [2.05, 4.69) is 15.3 Å². The highest BCUT2D eigenvalue weighted by molar-refractivity contribution is 6.31. The Kier molecular flexibility index (Phi) is 17.8. The Morgan fingerprint density at radius 1 is 0.837 bits per heavy atom. The minimum atomic E-state index is -1.01. The van der Waals surface area contributed by atoms with Crippen LogP contribution in [0.25, 0.3) is 10.9 Å². The van der Waals surface area contributed by atoms with Crippen LogP contribution in [0.5, 0.6) is 11.5 Å². The molecule has 1 heterocycles. The van der Waals surface area contributed by atoms with E-state index in [0.717, 1.165) is 0 Å². The molecule has 0 fully saturated rings. The predicted molar refractivity (Wildman–Crippen MR) is 159 cm³/mol. The van der Waals surface area contributed by atoms with Gasteiger partial charge in [0.2, 0.25) is 0 Å². The Morgan fingerprint density at radius 3 is 1.98 bits per heavy atom. The third-order valence-electron chi connectivity index (χ3n) is 5.30. The molecule has 0 radical (unpaired) electrons. The van der Waals surface area contributed by atoms with E-state index in [0.29, 0.717) is 86.8 Å². The number of carboxylic acid groups (broad SMARTS) is 1. The van der Waals surface area contributed by atoms with Gasteiger partial charge in [-0.1, -0.05) is 25.4 Å². The lowest BCUT2D eigenvalue weighted by Crippen LogP contribution is -2.15. The molecule has 2 N–H and O–H groups in total. The molecule has 0 amide bonds. The molecule has 43 heavy (non-hydrogen) atoms. The number of ether oxygens (including phenoxy) is 7. The maximum absolute atomic E-state index is 13.5. The Balaban J connectivity index is 0.00000316. The molecule has 2 aromatic carbocycles. The number of anilines is 2. The van der Waals surface area contributed by atoms with Gasteiger partial charge < -0.3 is 43.6 Å². The molecule has 1 aromatic heterocycles. The molecule has 238 valence electrons. The van der Waals surface area contributed by atoms with Crippen molar-refractivity contribution in [1.82, 2.24) is 9.97 Å². The summed E-state index contributed by atoms with van der Waals surface area (Å²) in [6.45, 7) is 7.21. The highest BCUT2D eigenvalue weighted by Gasteiger charge is 2.13. The van der Waals surface area contributed by atoms with Gasteiger partial charge >= 0.3 is 5.97 Å². The number of aromatic nitrogens is 2. The third kappa shape index (κ3) is 13.7. The number of hydrogen-bond acceptors (Lipinski definition) is 11. The minimum Gasteiger partial charge on any atom is -0.493 e. The molecule has 0 bridgehead atoms. The van der Waals surface area contributed by atoms with Crippen molar-refractivity contribution in [2.75, 3.05) is 85.1 Å². The maximum Gasteiger partial charge on any atom is 0.329 e. The molecule has 0 unspecified atom stereocenters. The number of nitrogens with zero attached hydrogens (tertiary/aromatic N) is 2. The molecule has 0 aliphatic rings. The first-order chi connectivity index (χ1) is 21.0. The zero-order valence-electron chi connectivity index (χ0n) is 24.6. The van der Waals surface area contributed by atoms with Gasteiger partial charge in [-0.3, -0.25) is 0 Å². The average Bonchev–Trinajstić information content (AvgIpc) is 3.01. The van der Waals surface area contributed by atoms with Crippen LogP contribution in [0.1, 0.15) is 13.8 Å². The van der Waals surface area contributed by atoms with Gasteiger partial charge in [0.05, 0.1) is 77.1 Å². The van der Waals surface area contributed by atoms with Crippen molar-refractivity contribution in [2.45, 2.75) is 13.8 Å². The van der Waals surface area contributed by atoms with Gasteiger partial charge in [0.15, 0.2) is 11.5 Å². The standard InChI is InChI=1S/C27H33ClFN3O9.C2H6/c1-35-24-16-23-20(27(31-18-30-23)32-19-2-3-22(29)21(28)14-19)15-25(24)41-13-12-39-9-8-37-5-4-36-6-7-38-10-11-40-17-26(33)34;1-2/h2-3,14-16,18H,4-13,17H2,1H3,(H,33,34)(H,30,31,32);1-2H3. The summed E-state index contributed by atoms with van der Waals surface area (Å²) in [4.78, 5) is 18.9. The van der Waals surface area contributed by atoms with Crippen LogP contribution in [0.15, 0.2) is 36.7 Å². The fourth-order valence-electron chi connectivity index (χ4n) is 3.40. The summed E-state index contributed by atoms with van der Waals surface area (Å²) in [6, 6.07) is 7.82. The van der Waals surface area contributed by atoms with Crippen molar-refractivity contribution in [3.63, 3.8) is 0 Å². The number of benzene rings is 2. The van der Waals surface area contributed by atoms with Crippen molar-refractivity contribution < 1.29 is 47.4 Å². The normalized spacial score (nSPS) is 10.7. The molecule has 0 spiro atoms. The van der Waals surface area contributed by atoms with E-state index in [1.807, 2.05) is 13.8 Å². The third-order valence-corrected chi connectivity index (χ3v) is 5.59. The lowest BCUT2D eigenvalue weighted by molar-refractivity contribution is -0.142. The van der Waals surface area contributed by atoms with E-state index in [9.17, 15) is 9.18 Å². The monoisotopic (exact) mass is 627 g/mol. The molecule has 0 saturated carbocycles. The van der Waals surface area contributed by atoms with Crippen LogP contribution in [0.3, 0.4) is 0 Å². The van der Waals surface area contributed by atoms with Crippen molar-refractivity contribution >= 4 is 40.0 Å². The fourth-order valence-corrected chi connectivity index (χ4v) is 3.58. The second-order valence-corrected chi connectivity index (χ2v) is 8.65. The molecule has 0 atom stereocenters. The van der Waals surface area contributed by atoms with Crippen LogP contribution in [-0.2, 0) is 28.5 Å². The highest BCUT2D eigenvalue weighted by atomic mass is 35.5. The summed E-state index contributed by atoms with van der Waals surface area (Å²) >= 11 is 5.90. The van der Waals surface area contributed by atoms with Crippen LogP contribution >= 0.6 is 11.6 Å². The number of halogens is 2. The number of nitrogens with one attached hydrogen (secondary N) is 1. The van der Waals surface area contributed by atoms with Crippen LogP contribution in [0.4, 0.5) is 15.9 Å². The lowest BCUT2D eigenvalue weighted by Gasteiger charge is -2.14. The average molecular weight is 628 g/mol. The van der Waals surface area contributed by atoms with E-state index in [1.54, 1.807) is 25.3 Å². The number of aliphatic carboxylic acids is 1. The van der Waals surface area contributed by atoms with Crippen LogP contribution < -0.4 is 14.8 Å². The van der Waals surface area contributed by atoms with Crippen molar-refractivity contribution in [2.24, 2.45) is 0 Å². The first-order valence-electron chi connectivity index (χ1n) is 13.8. The summed E-state index contributed by atoms with van der Waals surface area (Å²) in [5.74, 6) is -0.0237. The Hall–Kier alpha value is -3.33. The van der Waals surface area contributed by atoms with Gasteiger partial charge in [-0.15, -0.1) is 0 Å². The summed E-state index contributed by atoms with van der Waals surface area (Å²) in [5.41, 5.74) is 1.20. The van der Waals surface area contributed by atoms with Crippen LogP contribution in [0, 0.1) is 5.82 Å². The van der Waals surface area contributed by atoms with E-state index < -0.39 is 11.8 Å². The Bertz CT molecular complexity index is 1240. The van der Waals surface area contributed by atoms with Gasteiger partial charge in [-0.25, -0.2) is 19.2 Å². The van der Waals surface area contributed by atoms with Crippen molar-refractivity contribution in [3.05, 3.63) is 47.5 Å². The summed E-state index contributed by atoms with van der Waals surface area (Å²) in [6.07, 6.45) is 1.41. The zero-order chi connectivity index (χ0) is 31.3. The molecule has 3 rings (SSSR count). The topological polar surface area (TPSA) is 140 Å². The molecule has 12 nitrogen and oxygen atoms in total. The van der Waals surface area contributed by atoms with Gasteiger partial charge in [0.25, 0.3) is 0 Å². The molecule has 0 saturated heterocycles. The second-order valence-electron chi connectivity index (χ2n) is 8.24. The smallest absolute Gasteiger partial charge is 0.329 e. The zero-order valence-corrected chi connectivity index (χ0v) is 25.4. The minimum absolute atomic E-state index is 0.00107. The molecular formula is C29H39ClFN3O9. The highest BCUT2D eigenvalue weighted by Crippen LogP contribution is 2.35. The van der Waals surface area contributed by atoms with E-state index in [-0.39, 0.29) is 24.8 Å². The van der Waals surface area contributed by atoms with Gasteiger partial charge in [0.1, 0.15) is 31.2 Å². The number of carboxylic acids is 1. The lowest BCUT2D eigenvalue weighted by atomic mass is 10.2. The summed E-state index contributed by atoms with van der Waals surface area (Å²) in [7, 11) is 1.54. The number of methoxy groups -OCH3 is 1. The Morgan fingerprint density at radius 2 is 1.42 bits per heavy atom. The number of fused-ring (bicyclic) bond motifs is 1. The van der Waals surface area contributed by atoms with Gasteiger partial charge in [-0.05, 0) is 24.3 Å². The van der Waals surface area contributed by atoms with Gasteiger partial charge in [0, 0.05) is 17.1 Å². The van der Waals surface area contributed by atoms with E-state index in [4.69, 9.17) is 49.9 Å². The fraction of sp³-hybridized carbons (Fsp3) is 0.483. The maximum atomic E-state index is 13.5. The largest absolute Gasteiger partial charge is 0.493 e. The van der Waals surface area contributed by atoms with Crippen LogP contribution in [-0.4, -0.2) is 101 Å².